The minimum Gasteiger partial charge on any atom is -1.00 e. The molecule has 4 rings (SSSR count). The van der Waals surface area contributed by atoms with E-state index in [1.165, 1.54) is 11.1 Å². The predicted molar refractivity (Wildman–Crippen MR) is 142 cm³/mol. The minimum atomic E-state index is -0.350. The number of nitrogens with one attached hydrogen (secondary N) is 3. The van der Waals surface area contributed by atoms with Crippen molar-refractivity contribution in [2.24, 2.45) is 7.05 Å². The standard InChI is InChI=1S/C22H25N5O2.C7H8.ClH/c1-3-4-6-16-9-11-17(12-10-16)25-22(29)19-8-5-7-18(26-19)21(28)24-15-20-23-13-14-27(20)2;1-7-5-3-2-4-6-7;/h5,7-14H,3-4,6,15H2,1-2H3,(H2,24,25,28,29);2-6H,1H3;1H. The molecular formula is C29H34ClN5O2. The number of nitrogens with zero attached hydrogens (tertiary/aromatic N) is 2. The Hall–Kier alpha value is -3.97. The van der Waals surface area contributed by atoms with Crippen molar-refractivity contribution in [1.82, 2.24) is 15.3 Å². The number of rotatable bonds is 8. The molecule has 2 heterocycles. The lowest BCUT2D eigenvalue weighted by atomic mass is 10.1. The number of anilines is 1. The Morgan fingerprint density at radius 2 is 1.59 bits per heavy atom. The van der Waals surface area contributed by atoms with Crippen LogP contribution in [0.4, 0.5) is 5.69 Å². The summed E-state index contributed by atoms with van der Waals surface area (Å²) in [6, 6.07) is 22.9. The SMILES string of the molecule is CCCCc1ccc(NC(=O)c2cccc(C(=O)NCc3[nH]cc[n+]3C)n2)cc1.Cc1ccccc1.[Cl-]. The van der Waals surface area contributed by atoms with Crippen LogP contribution < -0.4 is 27.6 Å². The fourth-order valence-electron chi connectivity index (χ4n) is 3.42. The first kappa shape index (κ1) is 29.3. The second kappa shape index (κ2) is 15.2. The van der Waals surface area contributed by atoms with Crippen LogP contribution >= 0.6 is 0 Å². The number of hydrogen-bond donors (Lipinski definition) is 3. The largest absolute Gasteiger partial charge is 1.00 e. The number of hydrogen-bond acceptors (Lipinski definition) is 3. The van der Waals surface area contributed by atoms with Gasteiger partial charge >= 0.3 is 0 Å². The third-order valence-electron chi connectivity index (χ3n) is 5.58. The number of aromatic nitrogens is 3. The van der Waals surface area contributed by atoms with Gasteiger partial charge in [-0.3, -0.25) is 9.59 Å². The second-order valence-electron chi connectivity index (χ2n) is 8.52. The zero-order valence-electron chi connectivity index (χ0n) is 21.5. The van der Waals surface area contributed by atoms with Crippen molar-refractivity contribution in [3.63, 3.8) is 0 Å². The van der Waals surface area contributed by atoms with Crippen LogP contribution in [0, 0.1) is 6.92 Å². The van der Waals surface area contributed by atoms with E-state index in [4.69, 9.17) is 0 Å². The highest BCUT2D eigenvalue weighted by Gasteiger charge is 2.14. The van der Waals surface area contributed by atoms with Crippen molar-refractivity contribution in [2.45, 2.75) is 39.7 Å². The van der Waals surface area contributed by atoms with Gasteiger partial charge in [0.1, 0.15) is 30.3 Å². The fourth-order valence-corrected chi connectivity index (χ4v) is 3.42. The van der Waals surface area contributed by atoms with Gasteiger partial charge in [-0.15, -0.1) is 0 Å². The molecule has 8 heteroatoms. The summed E-state index contributed by atoms with van der Waals surface area (Å²) in [5.41, 5.74) is 3.66. The molecular weight excluding hydrogens is 486 g/mol. The third-order valence-corrected chi connectivity index (χ3v) is 5.58. The summed E-state index contributed by atoms with van der Waals surface area (Å²) in [6.07, 6.45) is 6.98. The number of aromatic amines is 1. The first-order valence-electron chi connectivity index (χ1n) is 12.2. The number of halogens is 1. The Morgan fingerprint density at radius 1 is 0.919 bits per heavy atom. The number of amides is 2. The van der Waals surface area contributed by atoms with Crippen molar-refractivity contribution in [3.8, 4) is 0 Å². The van der Waals surface area contributed by atoms with Crippen LogP contribution in [0.25, 0.3) is 0 Å². The van der Waals surface area contributed by atoms with E-state index in [2.05, 4.69) is 46.6 Å². The zero-order valence-corrected chi connectivity index (χ0v) is 22.3. The van der Waals surface area contributed by atoms with Crippen LogP contribution in [0.2, 0.25) is 0 Å². The summed E-state index contributed by atoms with van der Waals surface area (Å²) in [5.74, 6) is 0.167. The van der Waals surface area contributed by atoms with Gasteiger partial charge in [0.25, 0.3) is 17.6 Å². The van der Waals surface area contributed by atoms with Crippen LogP contribution in [0.1, 0.15) is 57.7 Å². The maximum absolute atomic E-state index is 12.5. The molecule has 3 N–H and O–H groups in total. The van der Waals surface area contributed by atoms with Crippen molar-refractivity contribution < 1.29 is 26.6 Å². The highest BCUT2D eigenvalue weighted by molar-refractivity contribution is 6.03. The van der Waals surface area contributed by atoms with Crippen molar-refractivity contribution >= 4 is 17.5 Å². The molecule has 2 aromatic heterocycles. The second-order valence-corrected chi connectivity index (χ2v) is 8.52. The molecule has 0 unspecified atom stereocenters. The first-order chi connectivity index (χ1) is 17.5. The van der Waals surface area contributed by atoms with Crippen molar-refractivity contribution in [2.75, 3.05) is 5.32 Å². The zero-order chi connectivity index (χ0) is 25.8. The van der Waals surface area contributed by atoms with Crippen LogP contribution in [-0.2, 0) is 20.0 Å². The first-order valence-corrected chi connectivity index (χ1v) is 12.2. The monoisotopic (exact) mass is 519 g/mol. The van der Waals surface area contributed by atoms with Gasteiger partial charge in [0, 0.05) is 5.69 Å². The molecule has 0 fully saturated rings. The van der Waals surface area contributed by atoms with Crippen molar-refractivity contribution in [1.29, 1.82) is 0 Å². The third kappa shape index (κ3) is 9.54. The molecule has 0 aliphatic carbocycles. The number of unbranched alkanes of at least 4 members (excludes halogenated alkanes) is 1. The highest BCUT2D eigenvalue weighted by Crippen LogP contribution is 2.13. The maximum atomic E-state index is 12.5. The molecule has 2 amide bonds. The minimum absolute atomic E-state index is 0. The van der Waals surface area contributed by atoms with Gasteiger partial charge in [0.05, 0.1) is 7.05 Å². The summed E-state index contributed by atoms with van der Waals surface area (Å²) in [6.45, 7) is 4.58. The summed E-state index contributed by atoms with van der Waals surface area (Å²) in [5, 5.41) is 5.62. The number of H-pyrrole nitrogens is 1. The molecule has 0 aliphatic rings. The molecule has 0 bridgehead atoms. The van der Waals surface area contributed by atoms with Crippen LogP contribution in [-0.4, -0.2) is 21.8 Å². The maximum Gasteiger partial charge on any atom is 0.274 e. The van der Waals surface area contributed by atoms with E-state index in [0.29, 0.717) is 12.2 Å². The molecule has 2 aromatic carbocycles. The van der Waals surface area contributed by atoms with E-state index in [1.54, 1.807) is 24.4 Å². The summed E-state index contributed by atoms with van der Waals surface area (Å²) < 4.78 is 1.88. The van der Waals surface area contributed by atoms with Gasteiger partial charge in [0.2, 0.25) is 0 Å². The van der Waals surface area contributed by atoms with Gasteiger partial charge < -0.3 is 23.0 Å². The molecule has 0 aliphatic heterocycles. The average Bonchev–Trinajstić information content (AvgIpc) is 3.32. The number of carbonyl (C=O) groups is 2. The number of benzene rings is 2. The van der Waals surface area contributed by atoms with Crippen LogP contribution in [0.15, 0.2) is 85.2 Å². The van der Waals surface area contributed by atoms with E-state index in [0.717, 1.165) is 25.1 Å². The van der Waals surface area contributed by atoms with Crippen molar-refractivity contribution in [3.05, 3.63) is 114 Å². The van der Waals surface area contributed by atoms with Gasteiger partial charge in [-0.25, -0.2) is 14.5 Å². The molecule has 194 valence electrons. The molecule has 0 saturated heterocycles. The quantitative estimate of drug-likeness (QED) is 0.310. The lowest BCUT2D eigenvalue weighted by Gasteiger charge is -2.07. The van der Waals surface area contributed by atoms with Gasteiger partial charge in [0.15, 0.2) is 0 Å². The number of imidazole rings is 1. The molecule has 0 radical (unpaired) electrons. The Labute approximate surface area is 224 Å². The molecule has 0 spiro atoms. The Morgan fingerprint density at radius 3 is 2.16 bits per heavy atom. The van der Waals surface area contributed by atoms with Gasteiger partial charge in [-0.2, -0.15) is 0 Å². The predicted octanol–water partition coefficient (Wildman–Crippen LogP) is 1.76. The van der Waals surface area contributed by atoms with Crippen LogP contribution in [0.3, 0.4) is 0 Å². The summed E-state index contributed by atoms with van der Waals surface area (Å²) in [7, 11) is 1.89. The number of carbonyl (C=O) groups excluding carboxylic acids is 2. The molecule has 0 atom stereocenters. The normalized spacial score (nSPS) is 9.92. The number of pyridine rings is 1. The molecule has 37 heavy (non-hydrogen) atoms. The lowest BCUT2D eigenvalue weighted by molar-refractivity contribution is -0.678. The van der Waals surface area contributed by atoms with E-state index < -0.39 is 0 Å². The number of aryl methyl sites for hydroxylation is 3. The highest BCUT2D eigenvalue weighted by atomic mass is 35.5. The molecule has 4 aromatic rings. The Kier molecular flexibility index (Phi) is 12.0. The fraction of sp³-hybridized carbons (Fsp3) is 0.241. The molecule has 7 nitrogen and oxygen atoms in total. The van der Waals surface area contributed by atoms with E-state index in [9.17, 15) is 9.59 Å². The smallest absolute Gasteiger partial charge is 0.274 e. The summed E-state index contributed by atoms with van der Waals surface area (Å²) in [4.78, 5) is 32.2. The van der Waals surface area contributed by atoms with E-state index in [1.807, 2.05) is 60.3 Å². The summed E-state index contributed by atoms with van der Waals surface area (Å²) >= 11 is 0. The molecule has 0 saturated carbocycles. The average molecular weight is 520 g/mol. The van der Waals surface area contributed by atoms with Crippen LogP contribution in [0.5, 0.6) is 0 Å². The van der Waals surface area contributed by atoms with Gasteiger partial charge in [-0.1, -0.05) is 67.4 Å². The Bertz CT molecular complexity index is 1260. The van der Waals surface area contributed by atoms with E-state index in [-0.39, 0.29) is 35.6 Å². The topological polar surface area (TPSA) is 90.8 Å². The van der Waals surface area contributed by atoms with Gasteiger partial charge in [-0.05, 0) is 49.6 Å². The van der Waals surface area contributed by atoms with E-state index >= 15 is 0 Å². The Balaban J connectivity index is 0.000000520. The lowest BCUT2D eigenvalue weighted by Crippen LogP contribution is -3.00.